The van der Waals surface area contributed by atoms with Crippen LogP contribution >= 0.6 is 0 Å². The first-order chi connectivity index (χ1) is 9.70. The van der Waals surface area contributed by atoms with Crippen LogP contribution in [0.25, 0.3) is 10.9 Å². The topological polar surface area (TPSA) is 57.8 Å². The molecule has 2 N–H and O–H groups in total. The van der Waals surface area contributed by atoms with E-state index in [4.69, 9.17) is 0 Å². The molecule has 4 heteroatoms. The predicted molar refractivity (Wildman–Crippen MR) is 79.6 cm³/mol. The number of hydrogen-bond donors (Lipinski definition) is 2. The summed E-state index contributed by atoms with van der Waals surface area (Å²) < 4.78 is 0. The molecule has 0 saturated carbocycles. The Morgan fingerprint density at radius 1 is 1.20 bits per heavy atom. The maximum atomic E-state index is 12.0. The van der Waals surface area contributed by atoms with Crippen LogP contribution in [0.15, 0.2) is 48.7 Å². The van der Waals surface area contributed by atoms with Gasteiger partial charge in [-0.25, -0.2) is 0 Å². The number of H-pyrrole nitrogens is 1. The number of hydrogen-bond acceptors (Lipinski definition) is 2. The van der Waals surface area contributed by atoms with Gasteiger partial charge in [-0.05, 0) is 30.7 Å². The van der Waals surface area contributed by atoms with Crippen molar-refractivity contribution < 1.29 is 4.79 Å². The smallest absolute Gasteiger partial charge is 0.228 e. The number of benzene rings is 2. The SMILES string of the molecule is Cc1ccc(CC(=O)Nc2ccc3cn[nH]c3c2)cc1. The molecule has 0 aliphatic carbocycles. The third-order valence-corrected chi connectivity index (χ3v) is 3.21. The summed E-state index contributed by atoms with van der Waals surface area (Å²) in [6, 6.07) is 13.7. The summed E-state index contributed by atoms with van der Waals surface area (Å²) in [5, 5.41) is 10.8. The quantitative estimate of drug-likeness (QED) is 0.764. The van der Waals surface area contributed by atoms with Crippen molar-refractivity contribution in [1.29, 1.82) is 0 Å². The molecule has 1 amide bonds. The van der Waals surface area contributed by atoms with Crippen molar-refractivity contribution in [2.75, 3.05) is 5.32 Å². The number of aryl methyl sites for hydroxylation is 1. The highest BCUT2D eigenvalue weighted by Gasteiger charge is 2.05. The van der Waals surface area contributed by atoms with E-state index in [2.05, 4.69) is 15.5 Å². The second kappa shape index (κ2) is 5.17. The van der Waals surface area contributed by atoms with E-state index in [9.17, 15) is 4.79 Å². The second-order valence-corrected chi connectivity index (χ2v) is 4.88. The molecule has 0 fully saturated rings. The summed E-state index contributed by atoms with van der Waals surface area (Å²) in [4.78, 5) is 12.0. The molecule has 0 atom stereocenters. The van der Waals surface area contributed by atoms with Crippen LogP contribution in [0.2, 0.25) is 0 Å². The predicted octanol–water partition coefficient (Wildman–Crippen LogP) is 3.05. The number of nitrogens with one attached hydrogen (secondary N) is 2. The number of aromatic nitrogens is 2. The minimum absolute atomic E-state index is 0.0206. The largest absolute Gasteiger partial charge is 0.326 e. The Hall–Kier alpha value is -2.62. The van der Waals surface area contributed by atoms with E-state index >= 15 is 0 Å². The lowest BCUT2D eigenvalue weighted by atomic mass is 10.1. The van der Waals surface area contributed by atoms with Crippen molar-refractivity contribution in [3.05, 3.63) is 59.8 Å². The Kier molecular flexibility index (Phi) is 3.21. The maximum absolute atomic E-state index is 12.0. The van der Waals surface area contributed by atoms with E-state index < -0.39 is 0 Å². The van der Waals surface area contributed by atoms with Crippen molar-refractivity contribution >= 4 is 22.5 Å². The fraction of sp³-hybridized carbons (Fsp3) is 0.125. The number of carbonyl (C=O) groups is 1. The van der Waals surface area contributed by atoms with Gasteiger partial charge in [-0.15, -0.1) is 0 Å². The molecule has 1 heterocycles. The lowest BCUT2D eigenvalue weighted by Gasteiger charge is -2.05. The Bertz CT molecular complexity index is 744. The fourth-order valence-corrected chi connectivity index (χ4v) is 2.11. The Labute approximate surface area is 116 Å². The number of anilines is 1. The van der Waals surface area contributed by atoms with Gasteiger partial charge in [-0.2, -0.15) is 5.10 Å². The average Bonchev–Trinajstić information content (AvgIpc) is 2.89. The van der Waals surface area contributed by atoms with Gasteiger partial charge in [0.2, 0.25) is 5.91 Å². The van der Waals surface area contributed by atoms with Gasteiger partial charge in [0.05, 0.1) is 18.1 Å². The number of nitrogens with zero attached hydrogens (tertiary/aromatic N) is 1. The van der Waals surface area contributed by atoms with Crippen LogP contribution in [0.1, 0.15) is 11.1 Å². The number of carbonyl (C=O) groups excluding carboxylic acids is 1. The summed E-state index contributed by atoms with van der Waals surface area (Å²) >= 11 is 0. The standard InChI is InChI=1S/C16H15N3O/c1-11-2-4-12(5-3-11)8-16(20)18-14-7-6-13-10-17-19-15(13)9-14/h2-7,9-10H,8H2,1H3,(H,17,19)(H,18,20). The van der Waals surface area contributed by atoms with E-state index in [1.807, 2.05) is 49.4 Å². The first-order valence-corrected chi connectivity index (χ1v) is 6.49. The summed E-state index contributed by atoms with van der Waals surface area (Å²) in [6.07, 6.45) is 2.13. The van der Waals surface area contributed by atoms with Gasteiger partial charge in [0, 0.05) is 11.1 Å². The average molecular weight is 265 g/mol. The van der Waals surface area contributed by atoms with Gasteiger partial charge < -0.3 is 5.32 Å². The highest BCUT2D eigenvalue weighted by molar-refractivity contribution is 5.94. The minimum Gasteiger partial charge on any atom is -0.326 e. The molecule has 0 aliphatic heterocycles. The molecule has 0 bridgehead atoms. The van der Waals surface area contributed by atoms with Crippen molar-refractivity contribution in [3.63, 3.8) is 0 Å². The third kappa shape index (κ3) is 2.69. The molecule has 1 aromatic heterocycles. The molecule has 20 heavy (non-hydrogen) atoms. The molecule has 0 spiro atoms. The summed E-state index contributed by atoms with van der Waals surface area (Å²) in [7, 11) is 0. The molecule has 0 saturated heterocycles. The molecular weight excluding hydrogens is 250 g/mol. The molecular formula is C16H15N3O. The van der Waals surface area contributed by atoms with Gasteiger partial charge in [0.1, 0.15) is 0 Å². The van der Waals surface area contributed by atoms with E-state index in [0.29, 0.717) is 6.42 Å². The first kappa shape index (κ1) is 12.4. The van der Waals surface area contributed by atoms with Crippen molar-refractivity contribution in [2.45, 2.75) is 13.3 Å². The number of rotatable bonds is 3. The fourth-order valence-electron chi connectivity index (χ4n) is 2.11. The first-order valence-electron chi connectivity index (χ1n) is 6.49. The second-order valence-electron chi connectivity index (χ2n) is 4.88. The van der Waals surface area contributed by atoms with E-state index in [-0.39, 0.29) is 5.91 Å². The van der Waals surface area contributed by atoms with Gasteiger partial charge >= 0.3 is 0 Å². The summed E-state index contributed by atoms with van der Waals surface area (Å²) in [5.74, 6) is -0.0206. The highest BCUT2D eigenvalue weighted by Crippen LogP contribution is 2.16. The molecule has 0 aliphatic rings. The lowest BCUT2D eigenvalue weighted by molar-refractivity contribution is -0.115. The third-order valence-electron chi connectivity index (χ3n) is 3.21. The molecule has 0 unspecified atom stereocenters. The van der Waals surface area contributed by atoms with Crippen LogP contribution in [-0.2, 0) is 11.2 Å². The van der Waals surface area contributed by atoms with E-state index in [1.54, 1.807) is 6.20 Å². The van der Waals surface area contributed by atoms with Crippen LogP contribution < -0.4 is 5.32 Å². The Balaban J connectivity index is 1.70. The molecule has 100 valence electrons. The number of fused-ring (bicyclic) bond motifs is 1. The normalized spacial score (nSPS) is 10.7. The highest BCUT2D eigenvalue weighted by atomic mass is 16.1. The molecule has 3 aromatic rings. The van der Waals surface area contributed by atoms with Gasteiger partial charge in [0.15, 0.2) is 0 Å². The van der Waals surface area contributed by atoms with Gasteiger partial charge in [-0.1, -0.05) is 29.8 Å². The van der Waals surface area contributed by atoms with Crippen LogP contribution in [-0.4, -0.2) is 16.1 Å². The van der Waals surface area contributed by atoms with Crippen LogP contribution in [0.5, 0.6) is 0 Å². The zero-order chi connectivity index (χ0) is 13.9. The summed E-state index contributed by atoms with van der Waals surface area (Å²) in [6.45, 7) is 2.03. The zero-order valence-corrected chi connectivity index (χ0v) is 11.2. The van der Waals surface area contributed by atoms with Gasteiger partial charge in [-0.3, -0.25) is 9.89 Å². The van der Waals surface area contributed by atoms with E-state index in [1.165, 1.54) is 5.56 Å². The van der Waals surface area contributed by atoms with E-state index in [0.717, 1.165) is 22.2 Å². The van der Waals surface area contributed by atoms with Crippen LogP contribution in [0, 0.1) is 6.92 Å². The Morgan fingerprint density at radius 3 is 2.80 bits per heavy atom. The summed E-state index contributed by atoms with van der Waals surface area (Å²) in [5.41, 5.74) is 3.89. The van der Waals surface area contributed by atoms with Crippen LogP contribution in [0.3, 0.4) is 0 Å². The van der Waals surface area contributed by atoms with Gasteiger partial charge in [0.25, 0.3) is 0 Å². The number of amides is 1. The molecule has 0 radical (unpaired) electrons. The number of aromatic amines is 1. The monoisotopic (exact) mass is 265 g/mol. The zero-order valence-electron chi connectivity index (χ0n) is 11.2. The lowest BCUT2D eigenvalue weighted by Crippen LogP contribution is -2.14. The minimum atomic E-state index is -0.0206. The molecule has 2 aromatic carbocycles. The van der Waals surface area contributed by atoms with Crippen molar-refractivity contribution in [2.24, 2.45) is 0 Å². The molecule has 3 rings (SSSR count). The van der Waals surface area contributed by atoms with Crippen molar-refractivity contribution in [3.8, 4) is 0 Å². The van der Waals surface area contributed by atoms with Crippen LogP contribution in [0.4, 0.5) is 5.69 Å². The maximum Gasteiger partial charge on any atom is 0.228 e. The molecule has 4 nitrogen and oxygen atoms in total. The Morgan fingerprint density at radius 2 is 2.00 bits per heavy atom. The van der Waals surface area contributed by atoms with Crippen molar-refractivity contribution in [1.82, 2.24) is 10.2 Å².